The molecule has 0 bridgehead atoms. The number of piperidine rings is 1. The van der Waals surface area contributed by atoms with Gasteiger partial charge in [-0.3, -0.25) is 0 Å². The van der Waals surface area contributed by atoms with Crippen molar-refractivity contribution in [3.05, 3.63) is 27.2 Å². The van der Waals surface area contributed by atoms with Gasteiger partial charge in [0.15, 0.2) is 6.29 Å². The van der Waals surface area contributed by atoms with Crippen molar-refractivity contribution < 1.29 is 17.9 Å². The Morgan fingerprint density at radius 2 is 1.52 bits per heavy atom. The fourth-order valence-corrected chi connectivity index (χ4v) is 5.90. The zero-order valence-electron chi connectivity index (χ0n) is 12.2. The van der Waals surface area contributed by atoms with Crippen LogP contribution in [0.25, 0.3) is 0 Å². The largest absolute Gasteiger partial charge is 0.350 e. The average Bonchev–Trinajstić information content (AvgIpc) is 3.00. The SMILES string of the molecule is O=S(=O)(c1c(Cl)cc(Cl)cc1Cl)N1CCC(C2OCCO2)CC1. The summed E-state index contributed by atoms with van der Waals surface area (Å²) >= 11 is 18.0. The van der Waals surface area contributed by atoms with Crippen LogP contribution < -0.4 is 0 Å². The Bertz CT molecular complexity index is 660. The molecular weight excluding hydrogens is 385 g/mol. The topological polar surface area (TPSA) is 55.8 Å². The lowest BCUT2D eigenvalue weighted by Gasteiger charge is -2.33. The third kappa shape index (κ3) is 3.63. The first-order valence-corrected chi connectivity index (χ1v) is 9.85. The van der Waals surface area contributed by atoms with Crippen LogP contribution in [0.15, 0.2) is 17.0 Å². The van der Waals surface area contributed by atoms with Crippen LogP contribution in [0, 0.1) is 5.92 Å². The van der Waals surface area contributed by atoms with Gasteiger partial charge in [0.05, 0.1) is 23.3 Å². The van der Waals surface area contributed by atoms with E-state index in [0.717, 1.165) is 0 Å². The zero-order chi connectivity index (χ0) is 16.6. The van der Waals surface area contributed by atoms with Gasteiger partial charge < -0.3 is 9.47 Å². The second-order valence-corrected chi connectivity index (χ2v) is 8.68. The second kappa shape index (κ2) is 7.04. The maximum absolute atomic E-state index is 12.8. The molecule has 128 valence electrons. The highest BCUT2D eigenvalue weighted by Crippen LogP contribution is 2.36. The van der Waals surface area contributed by atoms with Gasteiger partial charge >= 0.3 is 0 Å². The van der Waals surface area contributed by atoms with Crippen molar-refractivity contribution >= 4 is 44.8 Å². The fourth-order valence-electron chi connectivity index (χ4n) is 2.94. The molecule has 3 rings (SSSR count). The van der Waals surface area contributed by atoms with Crippen LogP contribution in [0.2, 0.25) is 15.1 Å². The van der Waals surface area contributed by atoms with E-state index in [9.17, 15) is 8.42 Å². The quantitative estimate of drug-likeness (QED) is 0.780. The lowest BCUT2D eigenvalue weighted by molar-refractivity contribution is -0.0938. The van der Waals surface area contributed by atoms with E-state index in [1.165, 1.54) is 16.4 Å². The van der Waals surface area contributed by atoms with Crippen molar-refractivity contribution in [1.82, 2.24) is 4.31 Å². The van der Waals surface area contributed by atoms with Crippen LogP contribution in [-0.4, -0.2) is 45.3 Å². The van der Waals surface area contributed by atoms with Crippen molar-refractivity contribution in [3.63, 3.8) is 0 Å². The lowest BCUT2D eigenvalue weighted by Crippen LogP contribution is -2.41. The average molecular weight is 401 g/mol. The summed E-state index contributed by atoms with van der Waals surface area (Å²) < 4.78 is 38.0. The van der Waals surface area contributed by atoms with Gasteiger partial charge in [0.1, 0.15) is 4.90 Å². The summed E-state index contributed by atoms with van der Waals surface area (Å²) in [6, 6.07) is 2.77. The van der Waals surface area contributed by atoms with E-state index in [2.05, 4.69) is 0 Å². The number of halogens is 3. The summed E-state index contributed by atoms with van der Waals surface area (Å²) in [6.45, 7) is 1.95. The summed E-state index contributed by atoms with van der Waals surface area (Å²) in [5, 5.41) is 0.368. The Hall–Kier alpha value is -0.0800. The molecule has 2 aliphatic rings. The molecule has 0 amide bonds. The van der Waals surface area contributed by atoms with Crippen molar-refractivity contribution in [2.45, 2.75) is 24.0 Å². The zero-order valence-corrected chi connectivity index (χ0v) is 15.3. The molecule has 2 heterocycles. The predicted molar refractivity (Wildman–Crippen MR) is 88.6 cm³/mol. The molecule has 5 nitrogen and oxygen atoms in total. The minimum absolute atomic E-state index is 0.0343. The molecule has 2 fully saturated rings. The minimum Gasteiger partial charge on any atom is -0.350 e. The first-order valence-electron chi connectivity index (χ1n) is 7.27. The summed E-state index contributed by atoms with van der Waals surface area (Å²) in [4.78, 5) is -0.0861. The fraction of sp³-hybridized carbons (Fsp3) is 0.571. The van der Waals surface area contributed by atoms with Crippen LogP contribution >= 0.6 is 34.8 Å². The van der Waals surface area contributed by atoms with Gasteiger partial charge in [0, 0.05) is 24.0 Å². The summed E-state index contributed by atoms with van der Waals surface area (Å²) in [6.07, 6.45) is 1.13. The molecule has 2 aliphatic heterocycles. The number of benzene rings is 1. The van der Waals surface area contributed by atoms with Gasteiger partial charge in [-0.25, -0.2) is 8.42 Å². The maximum Gasteiger partial charge on any atom is 0.246 e. The molecule has 0 atom stereocenters. The number of sulfonamides is 1. The van der Waals surface area contributed by atoms with Crippen LogP contribution in [0.3, 0.4) is 0 Å². The highest BCUT2D eigenvalue weighted by Gasteiger charge is 2.36. The standard InChI is InChI=1S/C14H16Cl3NO4S/c15-10-7-11(16)13(12(17)8-10)23(19,20)18-3-1-9(2-4-18)14-21-5-6-22-14/h7-9,14H,1-6H2. The van der Waals surface area contributed by atoms with Gasteiger partial charge in [-0.1, -0.05) is 34.8 Å². The molecule has 0 aromatic heterocycles. The molecule has 0 spiro atoms. The Balaban J connectivity index is 1.77. The van der Waals surface area contributed by atoms with Gasteiger partial charge in [0.2, 0.25) is 10.0 Å². The molecule has 0 N–H and O–H groups in total. The molecule has 0 saturated carbocycles. The van der Waals surface area contributed by atoms with E-state index in [4.69, 9.17) is 44.3 Å². The van der Waals surface area contributed by atoms with Gasteiger partial charge in [-0.15, -0.1) is 0 Å². The Labute approximate surface area is 150 Å². The second-order valence-electron chi connectivity index (χ2n) is 5.55. The van der Waals surface area contributed by atoms with E-state index in [1.54, 1.807) is 0 Å². The van der Waals surface area contributed by atoms with Gasteiger partial charge in [-0.05, 0) is 25.0 Å². The number of ether oxygens (including phenoxy) is 2. The Morgan fingerprint density at radius 3 is 2.04 bits per heavy atom. The Kier molecular flexibility index (Phi) is 5.43. The first kappa shape index (κ1) is 17.7. The summed E-state index contributed by atoms with van der Waals surface area (Å²) in [7, 11) is -3.76. The monoisotopic (exact) mass is 399 g/mol. The normalized spacial score (nSPS) is 21.9. The van der Waals surface area contributed by atoms with E-state index in [1.807, 2.05) is 0 Å². The smallest absolute Gasteiger partial charge is 0.246 e. The summed E-state index contributed by atoms with van der Waals surface area (Å²) in [5.74, 6) is 0.208. The van der Waals surface area contributed by atoms with Crippen LogP contribution in [-0.2, 0) is 19.5 Å². The van der Waals surface area contributed by atoms with E-state index < -0.39 is 10.0 Å². The minimum atomic E-state index is -3.76. The molecule has 1 aromatic rings. The molecule has 0 radical (unpaired) electrons. The van der Waals surface area contributed by atoms with Crippen molar-refractivity contribution in [1.29, 1.82) is 0 Å². The summed E-state index contributed by atoms with van der Waals surface area (Å²) in [5.41, 5.74) is 0. The number of hydrogen-bond donors (Lipinski definition) is 0. The molecule has 9 heteroatoms. The highest BCUT2D eigenvalue weighted by molar-refractivity contribution is 7.89. The van der Waals surface area contributed by atoms with Crippen LogP contribution in [0.4, 0.5) is 0 Å². The predicted octanol–water partition coefficient (Wildman–Crippen LogP) is 3.42. The van der Waals surface area contributed by atoms with E-state index in [-0.39, 0.29) is 27.1 Å². The van der Waals surface area contributed by atoms with Crippen molar-refractivity contribution in [3.8, 4) is 0 Å². The number of nitrogens with zero attached hydrogens (tertiary/aromatic N) is 1. The number of rotatable bonds is 3. The number of hydrogen-bond acceptors (Lipinski definition) is 4. The third-order valence-electron chi connectivity index (χ3n) is 4.09. The maximum atomic E-state index is 12.8. The van der Waals surface area contributed by atoms with Crippen LogP contribution in [0.1, 0.15) is 12.8 Å². The third-order valence-corrected chi connectivity index (χ3v) is 7.13. The van der Waals surface area contributed by atoms with Crippen molar-refractivity contribution in [2.75, 3.05) is 26.3 Å². The highest BCUT2D eigenvalue weighted by atomic mass is 35.5. The van der Waals surface area contributed by atoms with Gasteiger partial charge in [-0.2, -0.15) is 4.31 Å². The first-order chi connectivity index (χ1) is 10.9. The van der Waals surface area contributed by atoms with Gasteiger partial charge in [0.25, 0.3) is 0 Å². The van der Waals surface area contributed by atoms with Crippen LogP contribution in [0.5, 0.6) is 0 Å². The molecular formula is C14H16Cl3NO4S. The Morgan fingerprint density at radius 1 is 1.00 bits per heavy atom. The molecule has 23 heavy (non-hydrogen) atoms. The van der Waals surface area contributed by atoms with E-state index >= 15 is 0 Å². The molecule has 1 aromatic carbocycles. The van der Waals surface area contributed by atoms with E-state index in [0.29, 0.717) is 44.2 Å². The van der Waals surface area contributed by atoms with Crippen molar-refractivity contribution in [2.24, 2.45) is 5.92 Å². The lowest BCUT2D eigenvalue weighted by atomic mass is 9.98. The molecule has 0 aliphatic carbocycles. The molecule has 0 unspecified atom stereocenters. The molecule has 2 saturated heterocycles.